The van der Waals surface area contributed by atoms with Gasteiger partial charge in [-0.15, -0.1) is 0 Å². The van der Waals surface area contributed by atoms with Gasteiger partial charge >= 0.3 is 0 Å². The minimum absolute atomic E-state index is 0.185. The van der Waals surface area contributed by atoms with E-state index in [2.05, 4.69) is 35.3 Å². The maximum atomic E-state index is 6.31. The molecule has 4 heterocycles. The molecular weight excluding hydrogens is 426 g/mol. The second-order valence-electron chi connectivity index (χ2n) is 7.05. The van der Waals surface area contributed by atoms with E-state index in [4.69, 9.17) is 30.5 Å². The Hall–Kier alpha value is -2.89. The lowest BCUT2D eigenvalue weighted by atomic mass is 10.2. The van der Waals surface area contributed by atoms with E-state index in [1.165, 1.54) is 0 Å². The summed E-state index contributed by atoms with van der Waals surface area (Å²) in [5.74, 6) is 2.80. The van der Waals surface area contributed by atoms with Crippen LogP contribution in [0.15, 0.2) is 17.2 Å². The van der Waals surface area contributed by atoms with Crippen LogP contribution < -0.4 is 24.7 Å². The maximum absolute atomic E-state index is 6.31. The van der Waals surface area contributed by atoms with Crippen LogP contribution in [0.2, 0.25) is 5.02 Å². The van der Waals surface area contributed by atoms with Crippen molar-refractivity contribution in [2.75, 3.05) is 74.6 Å². The molecule has 3 aliphatic rings. The molecule has 1 aromatic heterocycles. The molecular formula is C19H22ClN7O4. The maximum Gasteiger partial charge on any atom is 0.250 e. The summed E-state index contributed by atoms with van der Waals surface area (Å²) < 4.78 is 21.6. The Morgan fingerprint density at radius 3 is 2.06 bits per heavy atom. The molecule has 0 spiro atoms. The van der Waals surface area contributed by atoms with Crippen LogP contribution in [0.4, 0.5) is 17.8 Å². The standard InChI is InChI=1S/C19H22ClN7O4/c20-14-10-16-15(30-12-31-16)9-13(14)11-21-25-17-22-18(26-1-5-28-6-2-26)24-19(23-17)27-3-7-29-8-4-27/h9-11H,1-8,12H2,(H,22,23,24,25). The van der Waals surface area contributed by atoms with E-state index in [1.54, 1.807) is 18.3 Å². The van der Waals surface area contributed by atoms with Gasteiger partial charge < -0.3 is 28.7 Å². The van der Waals surface area contributed by atoms with E-state index >= 15 is 0 Å². The molecule has 2 fully saturated rings. The SMILES string of the molecule is Clc1cc2c(cc1C=NNc1nc(N3CCOCC3)nc(N3CCOCC3)n1)OCO2. The monoisotopic (exact) mass is 447 g/mol. The third-order valence-corrected chi connectivity index (χ3v) is 5.39. The van der Waals surface area contributed by atoms with E-state index in [9.17, 15) is 0 Å². The van der Waals surface area contributed by atoms with Gasteiger partial charge in [0.1, 0.15) is 0 Å². The van der Waals surface area contributed by atoms with Crippen LogP contribution >= 0.6 is 11.6 Å². The first kappa shape index (κ1) is 20.0. The second-order valence-corrected chi connectivity index (χ2v) is 7.46. The van der Waals surface area contributed by atoms with Crippen molar-refractivity contribution in [3.8, 4) is 11.5 Å². The lowest BCUT2D eigenvalue weighted by Gasteiger charge is -2.30. The molecule has 2 aromatic rings. The smallest absolute Gasteiger partial charge is 0.250 e. The van der Waals surface area contributed by atoms with Gasteiger partial charge in [-0.25, -0.2) is 5.43 Å². The van der Waals surface area contributed by atoms with Gasteiger partial charge in [0.2, 0.25) is 24.6 Å². The summed E-state index contributed by atoms with van der Waals surface area (Å²) >= 11 is 6.31. The van der Waals surface area contributed by atoms with Gasteiger partial charge in [0.05, 0.1) is 37.7 Å². The molecule has 12 heteroatoms. The molecule has 0 saturated carbocycles. The number of rotatable bonds is 5. The number of aromatic nitrogens is 3. The molecule has 1 N–H and O–H groups in total. The van der Waals surface area contributed by atoms with E-state index in [-0.39, 0.29) is 6.79 Å². The lowest BCUT2D eigenvalue weighted by molar-refractivity contribution is 0.121. The summed E-state index contributed by atoms with van der Waals surface area (Å²) in [7, 11) is 0. The Morgan fingerprint density at radius 1 is 0.871 bits per heavy atom. The molecule has 3 aliphatic heterocycles. The average Bonchev–Trinajstić information content (AvgIpc) is 3.27. The molecule has 0 bridgehead atoms. The van der Waals surface area contributed by atoms with E-state index in [0.717, 1.165) is 26.2 Å². The third-order valence-electron chi connectivity index (χ3n) is 5.06. The Morgan fingerprint density at radius 2 is 1.45 bits per heavy atom. The summed E-state index contributed by atoms with van der Waals surface area (Å²) in [5.41, 5.74) is 3.60. The van der Waals surface area contributed by atoms with Gasteiger partial charge in [0.15, 0.2) is 11.5 Å². The Balaban J connectivity index is 1.37. The number of nitrogens with one attached hydrogen (secondary N) is 1. The summed E-state index contributed by atoms with van der Waals surface area (Å²) in [4.78, 5) is 17.9. The zero-order valence-electron chi connectivity index (χ0n) is 16.8. The summed E-state index contributed by atoms with van der Waals surface area (Å²) in [6.07, 6.45) is 1.59. The molecule has 0 aliphatic carbocycles. The van der Waals surface area contributed by atoms with E-state index < -0.39 is 0 Å². The highest BCUT2D eigenvalue weighted by molar-refractivity contribution is 6.33. The molecule has 0 unspecified atom stereocenters. The number of hydrogen-bond acceptors (Lipinski definition) is 11. The topological polar surface area (TPSA) is 106 Å². The fourth-order valence-electron chi connectivity index (χ4n) is 3.40. The Bertz CT molecular complexity index is 928. The van der Waals surface area contributed by atoms with Crippen molar-refractivity contribution in [1.29, 1.82) is 0 Å². The van der Waals surface area contributed by atoms with Gasteiger partial charge in [-0.3, -0.25) is 0 Å². The first-order valence-electron chi connectivity index (χ1n) is 10.1. The molecule has 0 atom stereocenters. The molecule has 164 valence electrons. The van der Waals surface area contributed by atoms with E-state index in [1.807, 2.05) is 0 Å². The van der Waals surface area contributed by atoms with Gasteiger partial charge in [0.25, 0.3) is 0 Å². The molecule has 31 heavy (non-hydrogen) atoms. The molecule has 0 radical (unpaired) electrons. The van der Waals surface area contributed by atoms with Crippen molar-refractivity contribution in [2.24, 2.45) is 5.10 Å². The predicted octanol–water partition coefficient (Wildman–Crippen LogP) is 1.37. The van der Waals surface area contributed by atoms with Crippen LogP contribution in [0.5, 0.6) is 11.5 Å². The summed E-state index contributed by atoms with van der Waals surface area (Å²) in [6.45, 7) is 5.65. The molecule has 0 amide bonds. The number of halogens is 1. The molecule has 2 saturated heterocycles. The minimum atomic E-state index is 0.185. The lowest BCUT2D eigenvalue weighted by Crippen LogP contribution is -2.40. The number of ether oxygens (including phenoxy) is 4. The van der Waals surface area contributed by atoms with Crippen LogP contribution in [-0.2, 0) is 9.47 Å². The third kappa shape index (κ3) is 4.58. The number of hydrogen-bond donors (Lipinski definition) is 1. The van der Waals surface area contributed by atoms with Crippen molar-refractivity contribution in [3.63, 3.8) is 0 Å². The first-order chi connectivity index (χ1) is 15.3. The first-order valence-corrected chi connectivity index (χ1v) is 10.4. The molecule has 1 aromatic carbocycles. The largest absolute Gasteiger partial charge is 0.454 e. The Labute approximate surface area is 183 Å². The van der Waals surface area contributed by atoms with Crippen LogP contribution in [0.3, 0.4) is 0 Å². The van der Waals surface area contributed by atoms with Gasteiger partial charge in [-0.2, -0.15) is 20.1 Å². The highest BCUT2D eigenvalue weighted by Gasteiger charge is 2.21. The average molecular weight is 448 g/mol. The Kier molecular flexibility index (Phi) is 5.87. The zero-order chi connectivity index (χ0) is 21.0. The molecule has 5 rings (SSSR count). The quantitative estimate of drug-likeness (QED) is 0.533. The van der Waals surface area contributed by atoms with Crippen molar-refractivity contribution in [3.05, 3.63) is 22.7 Å². The predicted molar refractivity (Wildman–Crippen MR) is 115 cm³/mol. The van der Waals surface area contributed by atoms with Crippen LogP contribution in [-0.4, -0.2) is 80.6 Å². The normalized spacial score (nSPS) is 18.6. The number of hydrazone groups is 1. The second kappa shape index (κ2) is 9.08. The van der Waals surface area contributed by atoms with E-state index in [0.29, 0.717) is 66.4 Å². The zero-order valence-corrected chi connectivity index (χ0v) is 17.5. The fourth-order valence-corrected chi connectivity index (χ4v) is 3.61. The van der Waals surface area contributed by atoms with Crippen molar-refractivity contribution >= 4 is 35.7 Å². The van der Waals surface area contributed by atoms with Crippen molar-refractivity contribution in [2.45, 2.75) is 0 Å². The van der Waals surface area contributed by atoms with Gasteiger partial charge in [-0.05, 0) is 6.07 Å². The van der Waals surface area contributed by atoms with Crippen LogP contribution in [0, 0.1) is 0 Å². The number of nitrogens with zero attached hydrogens (tertiary/aromatic N) is 6. The minimum Gasteiger partial charge on any atom is -0.454 e. The van der Waals surface area contributed by atoms with Crippen LogP contribution in [0.25, 0.3) is 0 Å². The summed E-state index contributed by atoms with van der Waals surface area (Å²) in [6, 6.07) is 3.49. The molecule has 11 nitrogen and oxygen atoms in total. The number of anilines is 3. The number of fused-ring (bicyclic) bond motifs is 1. The summed E-state index contributed by atoms with van der Waals surface area (Å²) in [5, 5.41) is 4.78. The number of benzene rings is 1. The van der Waals surface area contributed by atoms with Gasteiger partial charge in [-0.1, -0.05) is 11.6 Å². The fraction of sp³-hybridized carbons (Fsp3) is 0.474. The number of morpholine rings is 2. The van der Waals surface area contributed by atoms with Crippen molar-refractivity contribution in [1.82, 2.24) is 15.0 Å². The highest BCUT2D eigenvalue weighted by atomic mass is 35.5. The highest BCUT2D eigenvalue weighted by Crippen LogP contribution is 2.36. The van der Waals surface area contributed by atoms with Crippen molar-refractivity contribution < 1.29 is 18.9 Å². The van der Waals surface area contributed by atoms with Crippen LogP contribution in [0.1, 0.15) is 5.56 Å². The van der Waals surface area contributed by atoms with Gasteiger partial charge in [0, 0.05) is 37.8 Å².